The molecule has 3 N–H and O–H groups in total. The molecule has 17 heavy (non-hydrogen) atoms. The highest BCUT2D eigenvalue weighted by Gasteiger charge is 2.41. The van der Waals surface area contributed by atoms with Crippen LogP contribution in [0.1, 0.15) is 29.8 Å². The maximum absolute atomic E-state index is 11.8. The zero-order valence-electron chi connectivity index (χ0n) is 9.22. The second kappa shape index (κ2) is 4.88. The molecule has 1 aliphatic carbocycles. The number of carbonyl (C=O) groups excluding carboxylic acids is 1. The molecular weight excluding hydrogens is 263 g/mol. The number of hydrogen-bond acceptors (Lipinski definition) is 2. The van der Waals surface area contributed by atoms with Crippen molar-refractivity contribution in [1.82, 2.24) is 10.3 Å². The van der Waals surface area contributed by atoms with Crippen LogP contribution in [0.3, 0.4) is 0 Å². The van der Waals surface area contributed by atoms with E-state index >= 15 is 0 Å². The fourth-order valence-electron chi connectivity index (χ4n) is 1.82. The molecule has 1 aromatic heterocycles. The number of halogens is 2. The van der Waals surface area contributed by atoms with E-state index < -0.39 is 0 Å². The Kier molecular flexibility index (Phi) is 3.66. The Morgan fingerprint density at radius 1 is 1.53 bits per heavy atom. The Bertz CT molecular complexity index is 408. The Labute approximate surface area is 109 Å². The van der Waals surface area contributed by atoms with Crippen LogP contribution in [0.15, 0.2) is 6.07 Å². The summed E-state index contributed by atoms with van der Waals surface area (Å²) < 4.78 is 0. The lowest BCUT2D eigenvalue weighted by atomic mass is 10.0. The molecule has 94 valence electrons. The molecule has 0 aliphatic heterocycles. The van der Waals surface area contributed by atoms with Crippen LogP contribution in [0.2, 0.25) is 10.2 Å². The summed E-state index contributed by atoms with van der Waals surface area (Å²) in [5.41, 5.74) is 0.463. The van der Waals surface area contributed by atoms with Gasteiger partial charge in [-0.2, -0.15) is 0 Å². The van der Waals surface area contributed by atoms with E-state index in [1.165, 1.54) is 6.07 Å². The van der Waals surface area contributed by atoms with Crippen LogP contribution in [0.25, 0.3) is 0 Å². The van der Waals surface area contributed by atoms with Gasteiger partial charge in [0.15, 0.2) is 0 Å². The van der Waals surface area contributed by atoms with Crippen LogP contribution in [0, 0.1) is 5.41 Å². The molecule has 1 amide bonds. The number of aliphatic hydroxyl groups is 1. The lowest BCUT2D eigenvalue weighted by Gasteiger charge is -2.13. The van der Waals surface area contributed by atoms with E-state index in [4.69, 9.17) is 28.3 Å². The zero-order valence-corrected chi connectivity index (χ0v) is 10.7. The minimum absolute atomic E-state index is 0.102. The molecule has 1 aromatic rings. The predicted octanol–water partition coefficient (Wildman–Crippen LogP) is 2.21. The topological polar surface area (TPSA) is 65.1 Å². The van der Waals surface area contributed by atoms with Crippen molar-refractivity contribution >= 4 is 29.1 Å². The summed E-state index contributed by atoms with van der Waals surface area (Å²) in [6.45, 7) is 0.747. The number of rotatable bonds is 5. The Morgan fingerprint density at radius 3 is 2.71 bits per heavy atom. The van der Waals surface area contributed by atoms with E-state index in [0.717, 1.165) is 19.3 Å². The maximum atomic E-state index is 11.8. The molecule has 0 bridgehead atoms. The third kappa shape index (κ3) is 2.94. The highest BCUT2D eigenvalue weighted by atomic mass is 35.5. The molecule has 0 atom stereocenters. The first-order chi connectivity index (χ1) is 8.06. The lowest BCUT2D eigenvalue weighted by Crippen LogP contribution is -2.30. The Hall–Kier alpha value is -0.710. The van der Waals surface area contributed by atoms with Gasteiger partial charge in [-0.05, 0) is 30.7 Å². The predicted molar refractivity (Wildman–Crippen MR) is 66.5 cm³/mol. The molecular formula is C11H14Cl2N2O2. The van der Waals surface area contributed by atoms with Crippen LogP contribution in [0.4, 0.5) is 0 Å². The van der Waals surface area contributed by atoms with Gasteiger partial charge in [-0.25, -0.2) is 0 Å². The summed E-state index contributed by atoms with van der Waals surface area (Å²) in [6, 6.07) is 1.50. The molecule has 1 heterocycles. The minimum atomic E-state index is -0.219. The SMILES string of the molecule is O=C(NCC1(CCO)CC1)c1cc(Cl)c(Cl)[nH]1. The monoisotopic (exact) mass is 276 g/mol. The summed E-state index contributed by atoms with van der Waals surface area (Å²) in [7, 11) is 0. The van der Waals surface area contributed by atoms with Gasteiger partial charge in [0.1, 0.15) is 10.8 Å². The number of hydrogen-bond donors (Lipinski definition) is 3. The molecule has 0 spiro atoms. The summed E-state index contributed by atoms with van der Waals surface area (Å²) in [4.78, 5) is 14.5. The van der Waals surface area contributed by atoms with Crippen molar-refractivity contribution in [3.63, 3.8) is 0 Å². The second-order valence-electron chi connectivity index (χ2n) is 4.50. The third-order valence-electron chi connectivity index (χ3n) is 3.19. The fraction of sp³-hybridized carbons (Fsp3) is 0.545. The van der Waals surface area contributed by atoms with Gasteiger partial charge in [-0.1, -0.05) is 23.2 Å². The number of H-pyrrole nitrogens is 1. The molecule has 6 heteroatoms. The first-order valence-electron chi connectivity index (χ1n) is 5.49. The molecule has 0 aromatic carbocycles. The fourth-order valence-corrected chi connectivity index (χ4v) is 2.13. The number of aliphatic hydroxyl groups excluding tert-OH is 1. The van der Waals surface area contributed by atoms with Gasteiger partial charge in [-0.15, -0.1) is 0 Å². The van der Waals surface area contributed by atoms with Crippen LogP contribution < -0.4 is 5.32 Å². The van der Waals surface area contributed by atoms with Gasteiger partial charge in [-0.3, -0.25) is 4.79 Å². The number of amides is 1. The molecule has 0 saturated heterocycles. The molecule has 0 radical (unpaired) electrons. The standard InChI is InChI=1S/C11H14Cl2N2O2/c12-7-5-8(15-9(7)13)10(17)14-6-11(1-2-11)3-4-16/h5,15-16H,1-4,6H2,(H,14,17). The Morgan fingerprint density at radius 2 is 2.24 bits per heavy atom. The lowest BCUT2D eigenvalue weighted by molar-refractivity contribution is 0.0936. The van der Waals surface area contributed by atoms with E-state index in [0.29, 0.717) is 17.3 Å². The van der Waals surface area contributed by atoms with Crippen molar-refractivity contribution in [2.75, 3.05) is 13.2 Å². The number of carbonyl (C=O) groups is 1. The van der Waals surface area contributed by atoms with Crippen LogP contribution in [-0.2, 0) is 0 Å². The van der Waals surface area contributed by atoms with Gasteiger partial charge >= 0.3 is 0 Å². The first kappa shape index (κ1) is 12.7. The van der Waals surface area contributed by atoms with Gasteiger partial charge < -0.3 is 15.4 Å². The van der Waals surface area contributed by atoms with Gasteiger partial charge in [0.05, 0.1) is 5.02 Å². The molecule has 0 unspecified atom stereocenters. The highest BCUT2D eigenvalue weighted by molar-refractivity contribution is 6.41. The third-order valence-corrected chi connectivity index (χ3v) is 3.89. The first-order valence-corrected chi connectivity index (χ1v) is 6.25. The van der Waals surface area contributed by atoms with E-state index in [-0.39, 0.29) is 23.1 Å². The summed E-state index contributed by atoms with van der Waals surface area (Å²) in [6.07, 6.45) is 2.85. The summed E-state index contributed by atoms with van der Waals surface area (Å²) in [5.74, 6) is -0.219. The van der Waals surface area contributed by atoms with Crippen LogP contribution in [0.5, 0.6) is 0 Å². The number of nitrogens with one attached hydrogen (secondary N) is 2. The van der Waals surface area contributed by atoms with E-state index in [9.17, 15) is 4.79 Å². The molecule has 2 rings (SSSR count). The van der Waals surface area contributed by atoms with Gasteiger partial charge in [0.25, 0.3) is 5.91 Å². The van der Waals surface area contributed by atoms with E-state index in [2.05, 4.69) is 10.3 Å². The number of aromatic amines is 1. The average Bonchev–Trinajstić information content (AvgIpc) is 2.97. The molecule has 4 nitrogen and oxygen atoms in total. The molecule has 1 saturated carbocycles. The largest absolute Gasteiger partial charge is 0.396 e. The average molecular weight is 277 g/mol. The van der Waals surface area contributed by atoms with Crippen molar-refractivity contribution in [3.8, 4) is 0 Å². The summed E-state index contributed by atoms with van der Waals surface area (Å²) in [5, 5.41) is 12.4. The normalized spacial score (nSPS) is 16.9. The van der Waals surface area contributed by atoms with Gasteiger partial charge in [0, 0.05) is 13.2 Å². The smallest absolute Gasteiger partial charge is 0.267 e. The quantitative estimate of drug-likeness (QED) is 0.772. The van der Waals surface area contributed by atoms with Crippen LogP contribution in [-0.4, -0.2) is 29.1 Å². The minimum Gasteiger partial charge on any atom is -0.396 e. The molecule has 1 aliphatic rings. The van der Waals surface area contributed by atoms with E-state index in [1.54, 1.807) is 0 Å². The van der Waals surface area contributed by atoms with Crippen molar-refractivity contribution in [2.45, 2.75) is 19.3 Å². The van der Waals surface area contributed by atoms with E-state index in [1.807, 2.05) is 0 Å². The zero-order chi connectivity index (χ0) is 12.5. The van der Waals surface area contributed by atoms with Crippen molar-refractivity contribution < 1.29 is 9.90 Å². The maximum Gasteiger partial charge on any atom is 0.267 e. The van der Waals surface area contributed by atoms with Crippen molar-refractivity contribution in [2.24, 2.45) is 5.41 Å². The highest BCUT2D eigenvalue weighted by Crippen LogP contribution is 2.47. The van der Waals surface area contributed by atoms with Crippen molar-refractivity contribution in [3.05, 3.63) is 21.9 Å². The van der Waals surface area contributed by atoms with Gasteiger partial charge in [0.2, 0.25) is 0 Å². The molecule has 1 fully saturated rings. The van der Waals surface area contributed by atoms with Crippen LogP contribution >= 0.6 is 23.2 Å². The van der Waals surface area contributed by atoms with Crippen molar-refractivity contribution in [1.29, 1.82) is 0 Å². The number of aromatic nitrogens is 1. The summed E-state index contributed by atoms with van der Waals surface area (Å²) >= 11 is 11.5. The Balaban J connectivity index is 1.89. The second-order valence-corrected chi connectivity index (χ2v) is 5.29.